The molecule has 0 aliphatic heterocycles. The second-order valence-corrected chi connectivity index (χ2v) is 9.62. The highest BCUT2D eigenvalue weighted by atomic mass is 32.2. The Morgan fingerprint density at radius 2 is 2.00 bits per heavy atom. The van der Waals surface area contributed by atoms with E-state index in [4.69, 9.17) is 5.14 Å². The molecule has 0 bridgehead atoms. The van der Waals surface area contributed by atoms with Crippen LogP contribution in [-0.4, -0.2) is 28.0 Å². The summed E-state index contributed by atoms with van der Waals surface area (Å²) in [4.78, 5) is 5.11. The number of primary sulfonamides is 1. The number of nitrogens with two attached hydrogens (primary N) is 1. The molecule has 138 valence electrons. The number of aliphatic imine (C=N–C) groups is 1. The maximum atomic E-state index is 11.3. The topological polar surface area (TPSA) is 96.6 Å². The van der Waals surface area contributed by atoms with E-state index in [1.165, 1.54) is 43.1 Å². The van der Waals surface area contributed by atoms with Crippen LogP contribution in [0.15, 0.2) is 21.3 Å². The Labute approximate surface area is 150 Å². The molecule has 0 saturated heterocycles. The summed E-state index contributed by atoms with van der Waals surface area (Å²) in [6.45, 7) is 8.06. The van der Waals surface area contributed by atoms with Crippen molar-refractivity contribution in [2.24, 2.45) is 15.5 Å². The number of hydrogen-bond donors (Lipinski definition) is 3. The van der Waals surface area contributed by atoms with Gasteiger partial charge < -0.3 is 10.6 Å². The lowest BCUT2D eigenvalue weighted by Gasteiger charge is -2.26. The molecule has 4 N–H and O–H groups in total. The van der Waals surface area contributed by atoms with Crippen LogP contribution in [0.25, 0.3) is 0 Å². The summed E-state index contributed by atoms with van der Waals surface area (Å²) >= 11 is 1.17. The standard InChI is InChI=1S/C16H30N4O2S2/c1-5-6-7-10-16(2,3)12-20-15(18-4)19-11-13-8-9-14(23-13)24(17,21)22/h8-9H,5-7,10-12H2,1-4H3,(H2,17,21,22)(H2,18,19,20). The van der Waals surface area contributed by atoms with E-state index in [2.05, 4.69) is 36.4 Å². The molecule has 0 aliphatic rings. The molecule has 1 aromatic heterocycles. The van der Waals surface area contributed by atoms with Gasteiger partial charge in [-0.15, -0.1) is 11.3 Å². The first-order valence-corrected chi connectivity index (χ1v) is 10.6. The first-order valence-electron chi connectivity index (χ1n) is 8.24. The van der Waals surface area contributed by atoms with Crippen LogP contribution >= 0.6 is 11.3 Å². The van der Waals surface area contributed by atoms with Crippen molar-refractivity contribution < 1.29 is 8.42 Å². The van der Waals surface area contributed by atoms with E-state index < -0.39 is 10.0 Å². The third kappa shape index (κ3) is 7.63. The smallest absolute Gasteiger partial charge is 0.247 e. The fourth-order valence-corrected chi connectivity index (χ4v) is 3.98. The van der Waals surface area contributed by atoms with Gasteiger partial charge >= 0.3 is 0 Å². The Morgan fingerprint density at radius 1 is 1.29 bits per heavy atom. The van der Waals surface area contributed by atoms with Crippen LogP contribution in [0.3, 0.4) is 0 Å². The molecule has 1 rings (SSSR count). The second kappa shape index (κ2) is 9.39. The second-order valence-electron chi connectivity index (χ2n) is 6.67. The number of guanidine groups is 1. The van der Waals surface area contributed by atoms with E-state index in [0.29, 0.717) is 12.5 Å². The van der Waals surface area contributed by atoms with Crippen molar-refractivity contribution >= 4 is 27.3 Å². The molecule has 8 heteroatoms. The zero-order valence-corrected chi connectivity index (χ0v) is 16.7. The van der Waals surface area contributed by atoms with Crippen molar-refractivity contribution in [1.29, 1.82) is 0 Å². The zero-order chi connectivity index (χ0) is 18.2. The van der Waals surface area contributed by atoms with Crippen LogP contribution in [0, 0.1) is 5.41 Å². The fraction of sp³-hybridized carbons (Fsp3) is 0.688. The quantitative estimate of drug-likeness (QED) is 0.352. The third-order valence-electron chi connectivity index (χ3n) is 3.76. The van der Waals surface area contributed by atoms with Crippen LogP contribution in [0.1, 0.15) is 51.3 Å². The summed E-state index contributed by atoms with van der Waals surface area (Å²) in [7, 11) is -1.90. The van der Waals surface area contributed by atoms with Gasteiger partial charge in [-0.25, -0.2) is 13.6 Å². The number of thiophene rings is 1. The zero-order valence-electron chi connectivity index (χ0n) is 15.1. The number of unbranched alkanes of at least 4 members (excludes halogenated alkanes) is 2. The molecule has 0 atom stereocenters. The van der Waals surface area contributed by atoms with Crippen LogP contribution in [-0.2, 0) is 16.6 Å². The predicted octanol–water partition coefficient (Wildman–Crippen LogP) is 2.67. The van der Waals surface area contributed by atoms with Crippen molar-refractivity contribution in [2.75, 3.05) is 13.6 Å². The molecule has 24 heavy (non-hydrogen) atoms. The van der Waals surface area contributed by atoms with Gasteiger partial charge in [-0.3, -0.25) is 4.99 Å². The molecule has 0 fully saturated rings. The number of rotatable bonds is 9. The molecule has 1 heterocycles. The maximum absolute atomic E-state index is 11.3. The van der Waals surface area contributed by atoms with Gasteiger partial charge in [-0.05, 0) is 24.0 Å². The lowest BCUT2D eigenvalue weighted by atomic mass is 9.87. The number of nitrogens with zero attached hydrogens (tertiary/aromatic N) is 1. The molecule has 6 nitrogen and oxygen atoms in total. The van der Waals surface area contributed by atoms with Crippen molar-refractivity contribution in [3.63, 3.8) is 0 Å². The van der Waals surface area contributed by atoms with Crippen LogP contribution in [0.5, 0.6) is 0 Å². The maximum Gasteiger partial charge on any atom is 0.247 e. The molecular weight excluding hydrogens is 344 g/mol. The first-order chi connectivity index (χ1) is 11.2. The van der Waals surface area contributed by atoms with Gasteiger partial charge in [0.2, 0.25) is 10.0 Å². The number of nitrogens with one attached hydrogen (secondary N) is 2. The highest BCUT2D eigenvalue weighted by molar-refractivity contribution is 7.91. The Morgan fingerprint density at radius 3 is 2.54 bits per heavy atom. The fourth-order valence-electron chi connectivity index (χ4n) is 2.26. The molecule has 1 aromatic rings. The minimum atomic E-state index is -3.62. The first kappa shape index (κ1) is 20.9. The van der Waals surface area contributed by atoms with Crippen molar-refractivity contribution in [3.8, 4) is 0 Å². The molecule has 0 aromatic carbocycles. The Kier molecular flexibility index (Phi) is 8.18. The highest BCUT2D eigenvalue weighted by Gasteiger charge is 2.18. The molecule has 0 aliphatic carbocycles. The third-order valence-corrected chi connectivity index (χ3v) is 6.29. The van der Waals surface area contributed by atoms with Gasteiger partial charge in [0.25, 0.3) is 0 Å². The average Bonchev–Trinajstić information content (AvgIpc) is 2.96. The van der Waals surface area contributed by atoms with Gasteiger partial charge in [0.15, 0.2) is 5.96 Å². The van der Waals surface area contributed by atoms with Crippen molar-refractivity contribution in [2.45, 2.75) is 57.2 Å². The van der Waals surface area contributed by atoms with Crippen LogP contribution in [0.4, 0.5) is 0 Å². The van der Waals surface area contributed by atoms with Crippen LogP contribution in [0.2, 0.25) is 0 Å². The average molecular weight is 375 g/mol. The van der Waals surface area contributed by atoms with E-state index in [1.807, 2.05) is 0 Å². The van der Waals surface area contributed by atoms with Gasteiger partial charge in [-0.1, -0.05) is 40.0 Å². The Balaban J connectivity index is 2.47. The number of hydrogen-bond acceptors (Lipinski definition) is 4. The van der Waals surface area contributed by atoms with Gasteiger partial charge in [-0.2, -0.15) is 0 Å². The van der Waals surface area contributed by atoms with E-state index in [9.17, 15) is 8.42 Å². The van der Waals surface area contributed by atoms with E-state index in [0.717, 1.165) is 11.4 Å². The minimum Gasteiger partial charge on any atom is -0.356 e. The molecule has 0 amide bonds. The largest absolute Gasteiger partial charge is 0.356 e. The minimum absolute atomic E-state index is 0.180. The van der Waals surface area contributed by atoms with E-state index in [1.54, 1.807) is 13.1 Å². The summed E-state index contributed by atoms with van der Waals surface area (Å²) < 4.78 is 22.8. The highest BCUT2D eigenvalue weighted by Crippen LogP contribution is 2.22. The lowest BCUT2D eigenvalue weighted by molar-refractivity contribution is 0.318. The SMILES string of the molecule is CCCCCC(C)(C)CNC(=NC)NCc1ccc(S(N)(=O)=O)s1. The Hall–Kier alpha value is -1.12. The molecule has 0 unspecified atom stereocenters. The molecular formula is C16H30N4O2S2. The van der Waals surface area contributed by atoms with Gasteiger partial charge in [0.05, 0.1) is 6.54 Å². The molecule has 0 radical (unpaired) electrons. The normalized spacial score (nSPS) is 13.1. The molecule has 0 saturated carbocycles. The predicted molar refractivity (Wildman–Crippen MR) is 102 cm³/mol. The van der Waals surface area contributed by atoms with Crippen molar-refractivity contribution in [1.82, 2.24) is 10.6 Å². The summed E-state index contributed by atoms with van der Waals surface area (Å²) in [6.07, 6.45) is 4.91. The summed E-state index contributed by atoms with van der Waals surface area (Å²) in [6, 6.07) is 3.30. The summed E-state index contributed by atoms with van der Waals surface area (Å²) in [5.41, 5.74) is 0.205. The monoisotopic (exact) mass is 374 g/mol. The van der Waals surface area contributed by atoms with E-state index >= 15 is 0 Å². The molecule has 0 spiro atoms. The van der Waals surface area contributed by atoms with Crippen LogP contribution < -0.4 is 15.8 Å². The summed E-state index contributed by atoms with van der Waals surface area (Å²) in [5, 5.41) is 11.7. The lowest BCUT2D eigenvalue weighted by Crippen LogP contribution is -2.41. The van der Waals surface area contributed by atoms with Gasteiger partial charge in [0.1, 0.15) is 4.21 Å². The van der Waals surface area contributed by atoms with E-state index in [-0.39, 0.29) is 9.62 Å². The summed E-state index contributed by atoms with van der Waals surface area (Å²) in [5.74, 6) is 0.712. The van der Waals surface area contributed by atoms with Crippen molar-refractivity contribution in [3.05, 3.63) is 17.0 Å². The Bertz CT molecular complexity index is 636. The van der Waals surface area contributed by atoms with Gasteiger partial charge in [0, 0.05) is 18.5 Å². The number of sulfonamides is 1.